The molecule has 33 heavy (non-hydrogen) atoms. The summed E-state index contributed by atoms with van der Waals surface area (Å²) < 4.78 is 28.8. The van der Waals surface area contributed by atoms with Crippen LogP contribution < -0.4 is 10.6 Å². The van der Waals surface area contributed by atoms with Crippen LogP contribution in [-0.4, -0.2) is 32.3 Å². The van der Waals surface area contributed by atoms with Crippen LogP contribution in [0.4, 0.5) is 14.5 Å². The molecule has 13 heteroatoms. The lowest BCUT2D eigenvalue weighted by molar-refractivity contribution is -0.113. The van der Waals surface area contributed by atoms with Crippen molar-refractivity contribution < 1.29 is 18.4 Å². The van der Waals surface area contributed by atoms with Gasteiger partial charge in [0.1, 0.15) is 5.82 Å². The van der Waals surface area contributed by atoms with Crippen molar-refractivity contribution in [2.75, 3.05) is 11.1 Å². The van der Waals surface area contributed by atoms with Crippen molar-refractivity contribution in [2.45, 2.75) is 18.1 Å². The van der Waals surface area contributed by atoms with Crippen LogP contribution >= 0.6 is 50.9 Å². The first kappa shape index (κ1) is 25.4. The van der Waals surface area contributed by atoms with Gasteiger partial charge in [0.25, 0.3) is 5.91 Å². The van der Waals surface area contributed by atoms with Gasteiger partial charge < -0.3 is 15.2 Å². The van der Waals surface area contributed by atoms with Crippen molar-refractivity contribution >= 4 is 68.4 Å². The molecule has 3 rings (SSSR count). The third kappa shape index (κ3) is 6.23. The molecule has 0 bridgehead atoms. The highest BCUT2D eigenvalue weighted by molar-refractivity contribution is 9.10. The van der Waals surface area contributed by atoms with Crippen molar-refractivity contribution in [1.82, 2.24) is 20.1 Å². The molecule has 2 aromatic carbocycles. The van der Waals surface area contributed by atoms with Gasteiger partial charge >= 0.3 is 0 Å². The van der Waals surface area contributed by atoms with Crippen LogP contribution in [0, 0.1) is 11.6 Å². The maximum Gasteiger partial charge on any atom is 0.253 e. The SMILES string of the molecule is C[C@H](NC(=O)c1ccc(Cl)cc1Cl)c1nnc(SCC(=O)Nc2c(F)cc(F)cc2Br)n1C. The average molecular weight is 579 g/mol. The second-order valence-corrected chi connectivity index (χ2v) is 9.44. The number of hydrogen-bond acceptors (Lipinski definition) is 5. The zero-order valence-corrected chi connectivity index (χ0v) is 21.0. The lowest BCUT2D eigenvalue weighted by atomic mass is 10.2. The molecule has 1 atom stereocenters. The summed E-state index contributed by atoms with van der Waals surface area (Å²) in [5, 5.41) is 14.3. The molecule has 0 aliphatic carbocycles. The van der Waals surface area contributed by atoms with Crippen molar-refractivity contribution in [3.8, 4) is 0 Å². The molecule has 0 saturated heterocycles. The highest BCUT2D eigenvalue weighted by atomic mass is 79.9. The van der Waals surface area contributed by atoms with E-state index in [0.717, 1.165) is 17.8 Å². The van der Waals surface area contributed by atoms with E-state index in [1.807, 2.05) is 0 Å². The molecular weight excluding hydrogens is 563 g/mol. The number of halogens is 5. The van der Waals surface area contributed by atoms with E-state index in [9.17, 15) is 18.4 Å². The fourth-order valence-electron chi connectivity index (χ4n) is 2.81. The molecular formula is C20H16BrCl2F2N5O2S. The molecule has 0 radical (unpaired) electrons. The number of hydrogen-bond donors (Lipinski definition) is 2. The average Bonchev–Trinajstić information content (AvgIpc) is 3.09. The number of aromatic nitrogens is 3. The van der Waals surface area contributed by atoms with E-state index < -0.39 is 29.5 Å². The number of thioether (sulfide) groups is 1. The highest BCUT2D eigenvalue weighted by Crippen LogP contribution is 2.28. The Balaban J connectivity index is 1.62. The molecule has 2 N–H and O–H groups in total. The Morgan fingerprint density at radius 3 is 2.61 bits per heavy atom. The van der Waals surface area contributed by atoms with E-state index in [-0.39, 0.29) is 26.5 Å². The second kappa shape index (κ2) is 10.8. The summed E-state index contributed by atoms with van der Waals surface area (Å²) in [7, 11) is 1.68. The first-order chi connectivity index (χ1) is 15.6. The van der Waals surface area contributed by atoms with E-state index >= 15 is 0 Å². The minimum atomic E-state index is -0.897. The summed E-state index contributed by atoms with van der Waals surface area (Å²) in [5.41, 5.74) is 0.110. The Morgan fingerprint density at radius 2 is 1.94 bits per heavy atom. The summed E-state index contributed by atoms with van der Waals surface area (Å²) in [4.78, 5) is 24.8. The molecule has 0 spiro atoms. The first-order valence-electron chi connectivity index (χ1n) is 9.29. The number of carbonyl (C=O) groups excluding carboxylic acids is 2. The van der Waals surface area contributed by atoms with Crippen LogP contribution in [0.1, 0.15) is 29.1 Å². The number of benzene rings is 2. The van der Waals surface area contributed by atoms with Gasteiger partial charge in [0.15, 0.2) is 16.8 Å². The Morgan fingerprint density at radius 1 is 1.21 bits per heavy atom. The standard InChI is InChI=1S/C20H16BrCl2F2N5O2S/c1-9(26-19(32)12-4-3-10(22)5-14(12)23)18-28-29-20(30(18)2)33-8-16(31)27-17-13(21)6-11(24)7-15(17)25/h3-7,9H,8H2,1-2H3,(H,26,32)(H,27,31)/t9-/m0/s1. The lowest BCUT2D eigenvalue weighted by Gasteiger charge is -2.14. The first-order valence-corrected chi connectivity index (χ1v) is 11.8. The monoisotopic (exact) mass is 577 g/mol. The number of carbonyl (C=O) groups is 2. The molecule has 0 fully saturated rings. The molecule has 1 aromatic heterocycles. The van der Waals surface area contributed by atoms with Gasteiger partial charge in [-0.2, -0.15) is 0 Å². The highest BCUT2D eigenvalue weighted by Gasteiger charge is 2.21. The largest absolute Gasteiger partial charge is 0.342 e. The summed E-state index contributed by atoms with van der Waals surface area (Å²) >= 11 is 16.0. The normalized spacial score (nSPS) is 11.8. The van der Waals surface area contributed by atoms with E-state index in [1.54, 1.807) is 24.6 Å². The Bertz CT molecular complexity index is 1200. The summed E-state index contributed by atoms with van der Waals surface area (Å²) in [6.45, 7) is 1.72. The van der Waals surface area contributed by atoms with Gasteiger partial charge in [0, 0.05) is 22.6 Å². The number of nitrogens with zero attached hydrogens (tertiary/aromatic N) is 3. The second-order valence-electron chi connectivity index (χ2n) is 6.80. The van der Waals surface area contributed by atoms with Crippen LogP contribution in [0.25, 0.3) is 0 Å². The third-order valence-corrected chi connectivity index (χ3v) is 6.58. The molecule has 0 saturated carbocycles. The smallest absolute Gasteiger partial charge is 0.253 e. The van der Waals surface area contributed by atoms with Gasteiger partial charge in [-0.1, -0.05) is 35.0 Å². The van der Waals surface area contributed by atoms with E-state index in [4.69, 9.17) is 23.2 Å². The summed E-state index contributed by atoms with van der Waals surface area (Å²) in [6, 6.07) is 5.76. The molecule has 3 aromatic rings. The zero-order chi connectivity index (χ0) is 24.3. The molecule has 2 amide bonds. The van der Waals surface area contributed by atoms with Crippen molar-refractivity contribution in [3.05, 3.63) is 67.9 Å². The number of anilines is 1. The fraction of sp³-hybridized carbons (Fsp3) is 0.200. The van der Waals surface area contributed by atoms with Crippen LogP contribution in [-0.2, 0) is 11.8 Å². The molecule has 0 unspecified atom stereocenters. The topological polar surface area (TPSA) is 88.9 Å². The molecule has 174 valence electrons. The third-order valence-electron chi connectivity index (χ3n) is 4.38. The van der Waals surface area contributed by atoms with E-state index in [0.29, 0.717) is 22.1 Å². The molecule has 7 nitrogen and oxygen atoms in total. The van der Waals surface area contributed by atoms with Gasteiger partial charge in [-0.3, -0.25) is 9.59 Å². The minimum Gasteiger partial charge on any atom is -0.342 e. The maximum absolute atomic E-state index is 13.9. The van der Waals surface area contributed by atoms with E-state index in [2.05, 4.69) is 36.8 Å². The number of nitrogens with one attached hydrogen (secondary N) is 2. The van der Waals surface area contributed by atoms with Gasteiger partial charge in [0.05, 0.1) is 28.1 Å². The molecule has 1 heterocycles. The summed E-state index contributed by atoms with van der Waals surface area (Å²) in [6.07, 6.45) is 0. The van der Waals surface area contributed by atoms with Gasteiger partial charge in [-0.15, -0.1) is 10.2 Å². The van der Waals surface area contributed by atoms with Gasteiger partial charge in [-0.05, 0) is 47.1 Å². The predicted molar refractivity (Wildman–Crippen MR) is 127 cm³/mol. The van der Waals surface area contributed by atoms with Crippen LogP contribution in [0.2, 0.25) is 10.0 Å². The molecule has 0 aliphatic heterocycles. The van der Waals surface area contributed by atoms with Crippen LogP contribution in [0.5, 0.6) is 0 Å². The minimum absolute atomic E-state index is 0.0876. The Hall–Kier alpha value is -2.21. The Labute approximate surface area is 210 Å². The zero-order valence-electron chi connectivity index (χ0n) is 17.1. The van der Waals surface area contributed by atoms with Crippen molar-refractivity contribution in [2.24, 2.45) is 7.05 Å². The molecule has 0 aliphatic rings. The maximum atomic E-state index is 13.9. The predicted octanol–water partition coefficient (Wildman–Crippen LogP) is 5.38. The van der Waals surface area contributed by atoms with Crippen LogP contribution in [0.15, 0.2) is 40.0 Å². The number of rotatable bonds is 7. The van der Waals surface area contributed by atoms with Crippen molar-refractivity contribution in [3.63, 3.8) is 0 Å². The van der Waals surface area contributed by atoms with Crippen molar-refractivity contribution in [1.29, 1.82) is 0 Å². The van der Waals surface area contributed by atoms with Gasteiger partial charge in [0.2, 0.25) is 5.91 Å². The summed E-state index contributed by atoms with van der Waals surface area (Å²) in [5.74, 6) is -2.24. The number of amides is 2. The van der Waals surface area contributed by atoms with Gasteiger partial charge in [-0.25, -0.2) is 8.78 Å². The quantitative estimate of drug-likeness (QED) is 0.367. The van der Waals surface area contributed by atoms with Crippen LogP contribution in [0.3, 0.4) is 0 Å². The fourth-order valence-corrected chi connectivity index (χ4v) is 4.53. The Kier molecular flexibility index (Phi) is 8.33. The lowest BCUT2D eigenvalue weighted by Crippen LogP contribution is -2.28. The van der Waals surface area contributed by atoms with E-state index in [1.165, 1.54) is 12.1 Å².